The summed E-state index contributed by atoms with van der Waals surface area (Å²) >= 11 is 4.27. The van der Waals surface area contributed by atoms with Crippen molar-refractivity contribution >= 4 is 12.6 Å². The van der Waals surface area contributed by atoms with Crippen molar-refractivity contribution in [2.45, 2.75) is 4.90 Å². The van der Waals surface area contributed by atoms with Gasteiger partial charge in [-0.15, -0.1) is 12.6 Å². The standard InChI is InChI=1S/C23H16OS/c1-24-22-14-10-20(11-15-22)8-6-18-2-4-19(5-3-18)7-9-21-12-16-23(25)17-13-21/h2-5,10-17,25H,1H3. The highest BCUT2D eigenvalue weighted by Crippen LogP contribution is 2.11. The average Bonchev–Trinajstić information content (AvgIpc) is 2.67. The second kappa shape index (κ2) is 8.15. The normalized spacial score (nSPS) is 9.36. The van der Waals surface area contributed by atoms with Crippen LogP contribution in [0.3, 0.4) is 0 Å². The Kier molecular flexibility index (Phi) is 5.47. The summed E-state index contributed by atoms with van der Waals surface area (Å²) in [4.78, 5) is 0.935. The highest BCUT2D eigenvalue weighted by molar-refractivity contribution is 7.80. The summed E-state index contributed by atoms with van der Waals surface area (Å²) in [6.45, 7) is 0. The lowest BCUT2D eigenvalue weighted by molar-refractivity contribution is 0.415. The molecule has 25 heavy (non-hydrogen) atoms. The fourth-order valence-corrected chi connectivity index (χ4v) is 2.29. The van der Waals surface area contributed by atoms with Crippen LogP contribution in [0.5, 0.6) is 5.75 Å². The van der Waals surface area contributed by atoms with Crippen LogP contribution in [0.25, 0.3) is 0 Å². The molecule has 0 radical (unpaired) electrons. The van der Waals surface area contributed by atoms with Gasteiger partial charge in [0.2, 0.25) is 0 Å². The molecule has 0 heterocycles. The first kappa shape index (κ1) is 16.8. The van der Waals surface area contributed by atoms with Gasteiger partial charge in [0.25, 0.3) is 0 Å². The van der Waals surface area contributed by atoms with Crippen LogP contribution in [-0.2, 0) is 0 Å². The van der Waals surface area contributed by atoms with E-state index >= 15 is 0 Å². The van der Waals surface area contributed by atoms with Crippen LogP contribution in [0.15, 0.2) is 77.7 Å². The molecule has 0 fully saturated rings. The highest BCUT2D eigenvalue weighted by atomic mass is 32.1. The molecule has 0 saturated heterocycles. The van der Waals surface area contributed by atoms with Crippen molar-refractivity contribution < 1.29 is 4.74 Å². The summed E-state index contributed by atoms with van der Waals surface area (Å²) in [5, 5.41) is 0. The molecule has 0 aromatic heterocycles. The summed E-state index contributed by atoms with van der Waals surface area (Å²) in [6, 6.07) is 23.4. The lowest BCUT2D eigenvalue weighted by atomic mass is 10.1. The first-order valence-electron chi connectivity index (χ1n) is 7.80. The third kappa shape index (κ3) is 4.95. The predicted molar refractivity (Wildman–Crippen MR) is 105 cm³/mol. The van der Waals surface area contributed by atoms with Crippen LogP contribution < -0.4 is 4.74 Å². The maximum atomic E-state index is 5.14. The Labute approximate surface area is 154 Å². The summed E-state index contributed by atoms with van der Waals surface area (Å²) in [7, 11) is 1.65. The zero-order chi connectivity index (χ0) is 17.5. The van der Waals surface area contributed by atoms with Crippen molar-refractivity contribution in [2.75, 3.05) is 7.11 Å². The van der Waals surface area contributed by atoms with Crippen molar-refractivity contribution in [3.63, 3.8) is 0 Å². The lowest BCUT2D eigenvalue weighted by Crippen LogP contribution is -1.82. The molecule has 3 aromatic rings. The van der Waals surface area contributed by atoms with E-state index in [9.17, 15) is 0 Å². The highest BCUT2D eigenvalue weighted by Gasteiger charge is 1.92. The van der Waals surface area contributed by atoms with Gasteiger partial charge in [-0.05, 0) is 72.8 Å². The van der Waals surface area contributed by atoms with E-state index in [0.29, 0.717) is 0 Å². The zero-order valence-electron chi connectivity index (χ0n) is 13.8. The lowest BCUT2D eigenvalue weighted by Gasteiger charge is -1.97. The number of ether oxygens (including phenoxy) is 1. The molecule has 120 valence electrons. The smallest absolute Gasteiger partial charge is 0.118 e. The summed E-state index contributed by atoms with van der Waals surface area (Å²) in [5.74, 6) is 13.4. The van der Waals surface area contributed by atoms with Crippen LogP contribution in [0, 0.1) is 23.7 Å². The molecular formula is C23H16OS. The Bertz CT molecular complexity index is 961. The van der Waals surface area contributed by atoms with Crippen molar-refractivity contribution in [1.82, 2.24) is 0 Å². The quantitative estimate of drug-likeness (QED) is 0.495. The second-order valence-electron chi connectivity index (χ2n) is 5.35. The number of benzene rings is 3. The minimum absolute atomic E-state index is 0.831. The van der Waals surface area contributed by atoms with Crippen molar-refractivity contribution in [2.24, 2.45) is 0 Å². The molecule has 0 saturated carbocycles. The fourth-order valence-electron chi connectivity index (χ4n) is 2.14. The van der Waals surface area contributed by atoms with Gasteiger partial charge in [0.1, 0.15) is 5.75 Å². The summed E-state index contributed by atoms with van der Waals surface area (Å²) < 4.78 is 5.14. The molecule has 0 bridgehead atoms. The SMILES string of the molecule is COc1ccc(C#Cc2ccc(C#Cc3ccc(S)cc3)cc2)cc1. The van der Waals surface area contributed by atoms with Crippen molar-refractivity contribution in [3.8, 4) is 29.4 Å². The third-order valence-corrected chi connectivity index (χ3v) is 3.84. The van der Waals surface area contributed by atoms with Crippen molar-refractivity contribution in [1.29, 1.82) is 0 Å². The molecular weight excluding hydrogens is 324 g/mol. The van der Waals surface area contributed by atoms with Crippen molar-refractivity contribution in [3.05, 3.63) is 95.1 Å². The van der Waals surface area contributed by atoms with Gasteiger partial charge in [-0.1, -0.05) is 23.7 Å². The summed E-state index contributed by atoms with van der Waals surface area (Å²) in [6.07, 6.45) is 0. The van der Waals surface area contributed by atoms with Crippen LogP contribution in [0.4, 0.5) is 0 Å². The summed E-state index contributed by atoms with van der Waals surface area (Å²) in [5.41, 5.74) is 3.85. The van der Waals surface area contributed by atoms with Gasteiger partial charge in [0.15, 0.2) is 0 Å². The number of rotatable bonds is 1. The minimum Gasteiger partial charge on any atom is -0.497 e. The first-order chi connectivity index (χ1) is 12.2. The Morgan fingerprint density at radius 2 is 0.880 bits per heavy atom. The Morgan fingerprint density at radius 1 is 0.560 bits per heavy atom. The molecule has 2 heteroatoms. The number of hydrogen-bond donors (Lipinski definition) is 1. The molecule has 0 N–H and O–H groups in total. The van der Waals surface area contributed by atoms with E-state index in [1.54, 1.807) is 7.11 Å². The van der Waals surface area contributed by atoms with Gasteiger partial charge < -0.3 is 4.74 Å². The maximum absolute atomic E-state index is 5.14. The van der Waals surface area contributed by atoms with E-state index in [4.69, 9.17) is 4.74 Å². The molecule has 0 unspecified atom stereocenters. The molecule has 3 rings (SSSR count). The molecule has 1 nitrogen and oxygen atoms in total. The van der Waals surface area contributed by atoms with Crippen LogP contribution in [0.2, 0.25) is 0 Å². The van der Waals surface area contributed by atoms with Gasteiger partial charge in [-0.3, -0.25) is 0 Å². The predicted octanol–water partition coefficient (Wildman–Crippen LogP) is 4.78. The molecule has 0 aliphatic rings. The Morgan fingerprint density at radius 3 is 1.24 bits per heavy atom. The molecule has 0 amide bonds. The molecule has 0 spiro atoms. The first-order valence-corrected chi connectivity index (χ1v) is 8.25. The molecule has 0 atom stereocenters. The number of hydrogen-bond acceptors (Lipinski definition) is 2. The third-order valence-electron chi connectivity index (χ3n) is 3.54. The van der Waals surface area contributed by atoms with Gasteiger partial charge in [0.05, 0.1) is 7.11 Å². The minimum atomic E-state index is 0.831. The number of methoxy groups -OCH3 is 1. The van der Waals surface area contributed by atoms with Gasteiger partial charge >= 0.3 is 0 Å². The van der Waals surface area contributed by atoms with E-state index in [-0.39, 0.29) is 0 Å². The van der Waals surface area contributed by atoms with Gasteiger partial charge in [-0.25, -0.2) is 0 Å². The van der Waals surface area contributed by atoms with Crippen LogP contribution >= 0.6 is 12.6 Å². The topological polar surface area (TPSA) is 9.23 Å². The monoisotopic (exact) mass is 340 g/mol. The van der Waals surface area contributed by atoms with E-state index in [2.05, 4.69) is 36.3 Å². The van der Waals surface area contributed by atoms with E-state index in [1.807, 2.05) is 72.8 Å². The number of thiol groups is 1. The van der Waals surface area contributed by atoms with Gasteiger partial charge in [-0.2, -0.15) is 0 Å². The van der Waals surface area contributed by atoms with E-state index in [1.165, 1.54) is 0 Å². The van der Waals surface area contributed by atoms with Crippen LogP contribution in [-0.4, -0.2) is 7.11 Å². The molecule has 0 aliphatic carbocycles. The second-order valence-corrected chi connectivity index (χ2v) is 5.87. The largest absolute Gasteiger partial charge is 0.497 e. The van der Waals surface area contributed by atoms with Crippen LogP contribution in [0.1, 0.15) is 22.3 Å². The van der Waals surface area contributed by atoms with E-state index < -0.39 is 0 Å². The van der Waals surface area contributed by atoms with E-state index in [0.717, 1.165) is 32.9 Å². The molecule has 0 aliphatic heterocycles. The Balaban J connectivity index is 1.70. The van der Waals surface area contributed by atoms with Gasteiger partial charge in [0, 0.05) is 27.1 Å². The molecule has 3 aromatic carbocycles. The fraction of sp³-hybridized carbons (Fsp3) is 0.0435. The zero-order valence-corrected chi connectivity index (χ0v) is 14.7. The Hall–Kier alpha value is -3.07. The maximum Gasteiger partial charge on any atom is 0.118 e. The average molecular weight is 340 g/mol.